The van der Waals surface area contributed by atoms with Gasteiger partial charge in [-0.1, -0.05) is 6.92 Å². The number of nitrogens with zero attached hydrogens (tertiary/aromatic N) is 1. The minimum atomic E-state index is -0.604. The van der Waals surface area contributed by atoms with E-state index in [1.807, 2.05) is 0 Å². The Morgan fingerprint density at radius 2 is 1.72 bits per heavy atom. The minimum Gasteiger partial charge on any atom is -0.347 e. The first kappa shape index (κ1) is 14.9. The van der Waals surface area contributed by atoms with Crippen molar-refractivity contribution in [3.63, 3.8) is 0 Å². The summed E-state index contributed by atoms with van der Waals surface area (Å²) in [6.07, 6.45) is 2.43. The molecule has 6 nitrogen and oxygen atoms in total. The molecule has 0 spiro atoms. The number of hydrogen-bond acceptors (Lipinski definition) is 4. The van der Waals surface area contributed by atoms with Gasteiger partial charge < -0.3 is 21.3 Å². The van der Waals surface area contributed by atoms with Crippen molar-refractivity contribution < 1.29 is 9.59 Å². The minimum absolute atomic E-state index is 0.330. The predicted molar refractivity (Wildman–Crippen MR) is 69.9 cm³/mol. The van der Waals surface area contributed by atoms with Crippen LogP contribution in [0.25, 0.3) is 0 Å². The number of likely N-dealkylation sites (tertiary alicyclic amines) is 1. The normalized spacial score (nSPS) is 17.4. The molecule has 0 atom stereocenters. The smallest absolute Gasteiger partial charge is 0.309 e. The largest absolute Gasteiger partial charge is 0.347 e. The maximum absolute atomic E-state index is 11.4. The van der Waals surface area contributed by atoms with Gasteiger partial charge in [0.05, 0.1) is 0 Å². The van der Waals surface area contributed by atoms with E-state index in [9.17, 15) is 9.59 Å². The lowest BCUT2D eigenvalue weighted by atomic mass is 9.99. The molecular weight excluding hydrogens is 232 g/mol. The summed E-state index contributed by atoms with van der Waals surface area (Å²) >= 11 is 0. The lowest BCUT2D eigenvalue weighted by molar-refractivity contribution is -0.139. The Bertz CT molecular complexity index is 275. The second-order valence-electron chi connectivity index (χ2n) is 4.82. The molecule has 0 radical (unpaired) electrons. The van der Waals surface area contributed by atoms with Gasteiger partial charge in [0.2, 0.25) is 0 Å². The molecule has 0 bridgehead atoms. The number of rotatable bonds is 5. The van der Waals surface area contributed by atoms with Crippen molar-refractivity contribution in [2.75, 3.05) is 39.3 Å². The highest BCUT2D eigenvalue weighted by Gasteiger charge is 2.16. The van der Waals surface area contributed by atoms with E-state index in [1.54, 1.807) is 0 Å². The van der Waals surface area contributed by atoms with Gasteiger partial charge in [-0.2, -0.15) is 0 Å². The number of hydrogen-bond donors (Lipinski definition) is 3. The van der Waals surface area contributed by atoms with Gasteiger partial charge in [0.1, 0.15) is 0 Å². The van der Waals surface area contributed by atoms with Crippen LogP contribution in [0.4, 0.5) is 0 Å². The summed E-state index contributed by atoms with van der Waals surface area (Å²) in [6, 6.07) is 0. The van der Waals surface area contributed by atoms with E-state index in [-0.39, 0.29) is 0 Å². The van der Waals surface area contributed by atoms with Crippen LogP contribution in [0.15, 0.2) is 0 Å². The number of carbonyl (C=O) groups excluding carboxylic acids is 2. The molecule has 104 valence electrons. The fraction of sp³-hybridized carbons (Fsp3) is 0.833. The van der Waals surface area contributed by atoms with E-state index in [0.717, 1.165) is 25.6 Å². The third kappa shape index (κ3) is 5.46. The lowest BCUT2D eigenvalue weighted by Crippen LogP contribution is -2.45. The van der Waals surface area contributed by atoms with Crippen molar-refractivity contribution in [3.05, 3.63) is 0 Å². The van der Waals surface area contributed by atoms with Crippen LogP contribution in [0.2, 0.25) is 0 Å². The number of amides is 2. The molecule has 0 unspecified atom stereocenters. The number of nitrogens with two attached hydrogens (primary N) is 1. The quantitative estimate of drug-likeness (QED) is 0.545. The Balaban J connectivity index is 2.10. The highest BCUT2D eigenvalue weighted by atomic mass is 16.2. The molecule has 4 N–H and O–H groups in total. The van der Waals surface area contributed by atoms with Gasteiger partial charge in [-0.3, -0.25) is 9.59 Å². The molecule has 1 fully saturated rings. The van der Waals surface area contributed by atoms with Crippen molar-refractivity contribution in [2.24, 2.45) is 11.7 Å². The van der Waals surface area contributed by atoms with Crippen molar-refractivity contribution in [1.82, 2.24) is 15.5 Å². The van der Waals surface area contributed by atoms with Crippen molar-refractivity contribution in [3.8, 4) is 0 Å². The van der Waals surface area contributed by atoms with Crippen molar-refractivity contribution >= 4 is 11.8 Å². The van der Waals surface area contributed by atoms with Crippen LogP contribution in [-0.4, -0.2) is 56.0 Å². The molecule has 0 saturated carbocycles. The zero-order valence-electron chi connectivity index (χ0n) is 11.1. The fourth-order valence-corrected chi connectivity index (χ4v) is 1.96. The summed E-state index contributed by atoms with van der Waals surface area (Å²) in [6.45, 7) is 6.42. The van der Waals surface area contributed by atoms with Gasteiger partial charge in [0.25, 0.3) is 0 Å². The molecule has 0 aliphatic carbocycles. The second-order valence-corrected chi connectivity index (χ2v) is 4.82. The molecule has 18 heavy (non-hydrogen) atoms. The Kier molecular flexibility index (Phi) is 6.67. The Morgan fingerprint density at radius 1 is 1.17 bits per heavy atom. The third-order valence-electron chi connectivity index (χ3n) is 3.23. The third-order valence-corrected chi connectivity index (χ3v) is 3.23. The van der Waals surface area contributed by atoms with E-state index >= 15 is 0 Å². The first-order valence-electron chi connectivity index (χ1n) is 6.62. The highest BCUT2D eigenvalue weighted by Crippen LogP contribution is 2.14. The number of carbonyl (C=O) groups is 2. The topological polar surface area (TPSA) is 87.5 Å². The van der Waals surface area contributed by atoms with Crippen LogP contribution in [0.3, 0.4) is 0 Å². The first-order chi connectivity index (χ1) is 8.63. The average Bonchev–Trinajstić information content (AvgIpc) is 2.38. The maximum atomic E-state index is 11.4. The second kappa shape index (κ2) is 8.05. The van der Waals surface area contributed by atoms with E-state index in [1.165, 1.54) is 12.8 Å². The van der Waals surface area contributed by atoms with Crippen LogP contribution in [0, 0.1) is 5.92 Å². The van der Waals surface area contributed by atoms with Gasteiger partial charge in [-0.25, -0.2) is 0 Å². The molecule has 0 aromatic heterocycles. The summed E-state index contributed by atoms with van der Waals surface area (Å²) < 4.78 is 0. The SMILES string of the molecule is CC1CCN(CCNC(=O)C(=O)NCCN)CC1. The molecule has 2 amide bonds. The van der Waals surface area contributed by atoms with Crippen LogP contribution >= 0.6 is 0 Å². The standard InChI is InChI=1S/C12H24N4O2/c1-10-2-7-16(8-3-10)9-6-15-12(18)11(17)14-5-4-13/h10H,2-9,13H2,1H3,(H,14,17)(H,15,18). The van der Waals surface area contributed by atoms with Crippen molar-refractivity contribution in [2.45, 2.75) is 19.8 Å². The maximum Gasteiger partial charge on any atom is 0.309 e. The molecule has 0 aromatic carbocycles. The van der Waals surface area contributed by atoms with Crippen LogP contribution < -0.4 is 16.4 Å². The Hall–Kier alpha value is -1.14. The fourth-order valence-electron chi connectivity index (χ4n) is 1.96. The van der Waals surface area contributed by atoms with Gasteiger partial charge in [-0.15, -0.1) is 0 Å². The van der Waals surface area contributed by atoms with E-state index in [2.05, 4.69) is 22.5 Å². The monoisotopic (exact) mass is 256 g/mol. The van der Waals surface area contributed by atoms with Gasteiger partial charge in [0, 0.05) is 26.2 Å². The zero-order valence-corrected chi connectivity index (χ0v) is 11.1. The average molecular weight is 256 g/mol. The molecular formula is C12H24N4O2. The molecule has 1 saturated heterocycles. The Morgan fingerprint density at radius 3 is 2.28 bits per heavy atom. The summed E-state index contributed by atoms with van der Waals surface area (Å²) in [7, 11) is 0. The summed E-state index contributed by atoms with van der Waals surface area (Å²) in [5.74, 6) is -0.376. The van der Waals surface area contributed by atoms with Crippen LogP contribution in [-0.2, 0) is 9.59 Å². The first-order valence-corrected chi connectivity index (χ1v) is 6.62. The lowest BCUT2D eigenvalue weighted by Gasteiger charge is -2.30. The zero-order chi connectivity index (χ0) is 13.4. The Labute approximate surface area is 108 Å². The van der Waals surface area contributed by atoms with Gasteiger partial charge in [0.15, 0.2) is 0 Å². The van der Waals surface area contributed by atoms with E-state index in [0.29, 0.717) is 19.6 Å². The molecule has 1 aliphatic heterocycles. The summed E-state index contributed by atoms with van der Waals surface area (Å²) in [5.41, 5.74) is 5.23. The highest BCUT2D eigenvalue weighted by molar-refractivity contribution is 6.35. The van der Waals surface area contributed by atoms with E-state index in [4.69, 9.17) is 5.73 Å². The summed E-state index contributed by atoms with van der Waals surface area (Å²) in [5, 5.41) is 5.05. The molecule has 1 heterocycles. The van der Waals surface area contributed by atoms with E-state index < -0.39 is 11.8 Å². The van der Waals surface area contributed by atoms with Crippen molar-refractivity contribution in [1.29, 1.82) is 0 Å². The molecule has 1 aliphatic rings. The number of nitrogens with one attached hydrogen (secondary N) is 2. The predicted octanol–water partition coefficient (Wildman–Crippen LogP) is -1.09. The van der Waals surface area contributed by atoms with Crippen LogP contribution in [0.5, 0.6) is 0 Å². The van der Waals surface area contributed by atoms with Crippen LogP contribution in [0.1, 0.15) is 19.8 Å². The summed E-state index contributed by atoms with van der Waals surface area (Å²) in [4.78, 5) is 24.9. The van der Waals surface area contributed by atoms with Gasteiger partial charge >= 0.3 is 11.8 Å². The number of piperidine rings is 1. The molecule has 0 aromatic rings. The van der Waals surface area contributed by atoms with Gasteiger partial charge in [-0.05, 0) is 31.8 Å². The molecule has 6 heteroatoms. The molecule has 1 rings (SSSR count).